The van der Waals surface area contributed by atoms with Crippen LogP contribution in [0.25, 0.3) is 0 Å². The molecule has 1 aliphatic heterocycles. The van der Waals surface area contributed by atoms with Crippen molar-refractivity contribution in [3.8, 4) is 0 Å². The van der Waals surface area contributed by atoms with Crippen LogP contribution in [0.15, 0.2) is 24.3 Å². The van der Waals surface area contributed by atoms with Gasteiger partial charge in [-0.1, -0.05) is 12.1 Å². The summed E-state index contributed by atoms with van der Waals surface area (Å²) in [7, 11) is 0. The molecule has 2 N–H and O–H groups in total. The zero-order chi connectivity index (χ0) is 16.6. The fraction of sp³-hybridized carbons (Fsp3) is 0.471. The number of nitrogens with zero attached hydrogens (tertiary/aromatic N) is 1. The standard InChI is InChI=1S/C17H20N2O4/c1-10(20)18-12-4-2-11(3-5-12)16-14(17(22)23)8-9-15(21)19(16)13-6-7-13/h2-5,13-14,16H,6-9H2,1H3,(H,18,20)(H,22,23). The number of nitrogens with one attached hydrogen (secondary N) is 1. The van der Waals surface area contributed by atoms with E-state index in [0.29, 0.717) is 18.5 Å². The summed E-state index contributed by atoms with van der Waals surface area (Å²) in [6.07, 6.45) is 2.56. The Bertz CT molecular complexity index is 636. The number of hydrogen-bond donors (Lipinski definition) is 2. The predicted molar refractivity (Wildman–Crippen MR) is 83.7 cm³/mol. The minimum Gasteiger partial charge on any atom is -0.481 e. The van der Waals surface area contributed by atoms with E-state index >= 15 is 0 Å². The summed E-state index contributed by atoms with van der Waals surface area (Å²) in [5, 5.41) is 12.2. The topological polar surface area (TPSA) is 86.7 Å². The van der Waals surface area contributed by atoms with Gasteiger partial charge in [0, 0.05) is 25.1 Å². The number of hydrogen-bond acceptors (Lipinski definition) is 3. The van der Waals surface area contributed by atoms with Gasteiger partial charge in [-0.2, -0.15) is 0 Å². The number of rotatable bonds is 4. The molecule has 3 rings (SSSR count). The Hall–Kier alpha value is -2.37. The monoisotopic (exact) mass is 316 g/mol. The molecule has 1 aliphatic carbocycles. The lowest BCUT2D eigenvalue weighted by Crippen LogP contribution is -2.46. The average molecular weight is 316 g/mol. The molecule has 0 spiro atoms. The molecule has 0 radical (unpaired) electrons. The number of carboxylic acid groups (broad SMARTS) is 1. The molecule has 2 aliphatic rings. The average Bonchev–Trinajstić information content (AvgIpc) is 3.31. The van der Waals surface area contributed by atoms with Crippen molar-refractivity contribution in [2.75, 3.05) is 5.32 Å². The zero-order valence-corrected chi connectivity index (χ0v) is 13.0. The van der Waals surface area contributed by atoms with Gasteiger partial charge in [0.05, 0.1) is 12.0 Å². The summed E-state index contributed by atoms with van der Waals surface area (Å²) in [6.45, 7) is 1.43. The highest BCUT2D eigenvalue weighted by Gasteiger charge is 2.46. The van der Waals surface area contributed by atoms with Crippen molar-refractivity contribution in [3.63, 3.8) is 0 Å². The van der Waals surface area contributed by atoms with Gasteiger partial charge in [0.1, 0.15) is 0 Å². The van der Waals surface area contributed by atoms with Gasteiger partial charge in [-0.15, -0.1) is 0 Å². The van der Waals surface area contributed by atoms with Crippen LogP contribution in [0.1, 0.15) is 44.2 Å². The fourth-order valence-electron chi connectivity index (χ4n) is 3.32. The van der Waals surface area contributed by atoms with Gasteiger partial charge < -0.3 is 15.3 Å². The molecule has 6 nitrogen and oxygen atoms in total. The number of likely N-dealkylation sites (tertiary alicyclic amines) is 1. The second-order valence-corrected chi connectivity index (χ2v) is 6.26. The molecule has 6 heteroatoms. The van der Waals surface area contributed by atoms with Gasteiger partial charge >= 0.3 is 5.97 Å². The minimum absolute atomic E-state index is 0.0425. The van der Waals surface area contributed by atoms with Crippen molar-refractivity contribution >= 4 is 23.5 Å². The number of anilines is 1. The van der Waals surface area contributed by atoms with Gasteiger partial charge in [-0.25, -0.2) is 0 Å². The molecular formula is C17H20N2O4. The van der Waals surface area contributed by atoms with Gasteiger partial charge in [-0.3, -0.25) is 14.4 Å². The first kappa shape index (κ1) is 15.5. The van der Waals surface area contributed by atoms with Crippen molar-refractivity contribution < 1.29 is 19.5 Å². The van der Waals surface area contributed by atoms with Crippen LogP contribution in [-0.4, -0.2) is 33.8 Å². The smallest absolute Gasteiger partial charge is 0.308 e. The van der Waals surface area contributed by atoms with Gasteiger partial charge in [0.2, 0.25) is 11.8 Å². The molecule has 0 bridgehead atoms. The van der Waals surface area contributed by atoms with Crippen molar-refractivity contribution in [2.45, 2.75) is 44.7 Å². The third-order valence-electron chi connectivity index (χ3n) is 4.47. The van der Waals surface area contributed by atoms with E-state index in [-0.39, 0.29) is 17.9 Å². The molecule has 122 valence electrons. The molecule has 23 heavy (non-hydrogen) atoms. The lowest BCUT2D eigenvalue weighted by Gasteiger charge is -2.40. The Labute approximate surface area is 134 Å². The first-order valence-electron chi connectivity index (χ1n) is 7.89. The molecule has 1 heterocycles. The molecule has 1 aromatic rings. The van der Waals surface area contributed by atoms with Crippen LogP contribution in [0.3, 0.4) is 0 Å². The van der Waals surface area contributed by atoms with Crippen molar-refractivity contribution in [3.05, 3.63) is 29.8 Å². The van der Waals surface area contributed by atoms with Crippen LogP contribution in [0.4, 0.5) is 5.69 Å². The third-order valence-corrected chi connectivity index (χ3v) is 4.47. The molecule has 2 fully saturated rings. The Balaban J connectivity index is 1.92. The Kier molecular flexibility index (Phi) is 4.07. The number of amides is 2. The quantitative estimate of drug-likeness (QED) is 0.891. The SMILES string of the molecule is CC(=O)Nc1ccc(C2C(C(=O)O)CCC(=O)N2C2CC2)cc1. The van der Waals surface area contributed by atoms with Crippen LogP contribution >= 0.6 is 0 Å². The van der Waals surface area contributed by atoms with Gasteiger partial charge in [-0.05, 0) is 37.0 Å². The van der Waals surface area contributed by atoms with E-state index in [0.717, 1.165) is 18.4 Å². The summed E-state index contributed by atoms with van der Waals surface area (Å²) in [5.74, 6) is -1.56. The van der Waals surface area contributed by atoms with E-state index in [4.69, 9.17) is 0 Å². The van der Waals surface area contributed by atoms with Crippen LogP contribution in [0.2, 0.25) is 0 Å². The summed E-state index contributed by atoms with van der Waals surface area (Å²) in [4.78, 5) is 36.8. The van der Waals surface area contributed by atoms with Crippen LogP contribution in [-0.2, 0) is 14.4 Å². The van der Waals surface area contributed by atoms with E-state index < -0.39 is 17.9 Å². The van der Waals surface area contributed by atoms with Crippen molar-refractivity contribution in [1.29, 1.82) is 0 Å². The van der Waals surface area contributed by atoms with E-state index in [2.05, 4.69) is 5.32 Å². The number of carboxylic acids is 1. The van der Waals surface area contributed by atoms with E-state index in [1.807, 2.05) is 0 Å². The predicted octanol–water partition coefficient (Wildman–Crippen LogP) is 2.17. The molecular weight excluding hydrogens is 296 g/mol. The van der Waals surface area contributed by atoms with E-state index in [1.54, 1.807) is 29.2 Å². The highest BCUT2D eigenvalue weighted by molar-refractivity contribution is 5.88. The molecule has 0 aromatic heterocycles. The second-order valence-electron chi connectivity index (χ2n) is 6.26. The van der Waals surface area contributed by atoms with E-state index in [9.17, 15) is 19.5 Å². The molecule has 1 saturated carbocycles. The fourth-order valence-corrected chi connectivity index (χ4v) is 3.32. The molecule has 2 amide bonds. The van der Waals surface area contributed by atoms with Gasteiger partial charge in [0.25, 0.3) is 0 Å². The molecule has 1 saturated heterocycles. The Morgan fingerprint density at radius 2 is 1.83 bits per heavy atom. The Morgan fingerprint density at radius 3 is 2.35 bits per heavy atom. The zero-order valence-electron chi connectivity index (χ0n) is 13.0. The Morgan fingerprint density at radius 1 is 1.17 bits per heavy atom. The molecule has 1 aromatic carbocycles. The third kappa shape index (κ3) is 3.21. The lowest BCUT2D eigenvalue weighted by molar-refractivity contribution is -0.152. The number of piperidine rings is 1. The van der Waals surface area contributed by atoms with Gasteiger partial charge in [0.15, 0.2) is 0 Å². The molecule has 2 unspecified atom stereocenters. The number of carbonyl (C=O) groups is 3. The first-order chi connectivity index (χ1) is 11.0. The molecule has 2 atom stereocenters. The summed E-state index contributed by atoms with van der Waals surface area (Å²) < 4.78 is 0. The second kappa shape index (κ2) is 6.02. The minimum atomic E-state index is -0.862. The first-order valence-corrected chi connectivity index (χ1v) is 7.89. The number of benzene rings is 1. The van der Waals surface area contributed by atoms with Crippen molar-refractivity contribution in [2.24, 2.45) is 5.92 Å². The highest BCUT2D eigenvalue weighted by atomic mass is 16.4. The summed E-state index contributed by atoms with van der Waals surface area (Å²) in [6, 6.07) is 6.86. The summed E-state index contributed by atoms with van der Waals surface area (Å²) >= 11 is 0. The summed E-state index contributed by atoms with van der Waals surface area (Å²) in [5.41, 5.74) is 1.47. The number of carbonyl (C=O) groups excluding carboxylic acids is 2. The van der Waals surface area contributed by atoms with E-state index in [1.165, 1.54) is 6.92 Å². The number of aliphatic carboxylic acids is 1. The van der Waals surface area contributed by atoms with Crippen LogP contribution in [0, 0.1) is 5.92 Å². The van der Waals surface area contributed by atoms with Crippen molar-refractivity contribution in [1.82, 2.24) is 4.90 Å². The maximum Gasteiger partial charge on any atom is 0.308 e. The largest absolute Gasteiger partial charge is 0.481 e. The maximum atomic E-state index is 12.3. The van der Waals surface area contributed by atoms with Crippen LogP contribution in [0.5, 0.6) is 0 Å². The van der Waals surface area contributed by atoms with Crippen LogP contribution < -0.4 is 5.32 Å². The maximum absolute atomic E-state index is 12.3. The highest BCUT2D eigenvalue weighted by Crippen LogP contribution is 2.43. The normalized spacial score (nSPS) is 24.4. The lowest BCUT2D eigenvalue weighted by atomic mass is 9.84.